The number of carbonyl (C=O) groups is 1. The number of benzene rings is 1. The number of para-hydroxylation sites is 2. The van der Waals surface area contributed by atoms with Gasteiger partial charge in [0.2, 0.25) is 0 Å². The van der Waals surface area contributed by atoms with Gasteiger partial charge in [-0.05, 0) is 49.9 Å². The summed E-state index contributed by atoms with van der Waals surface area (Å²) in [6.07, 6.45) is 1.73. The number of nitrogens with one attached hydrogen (secondary N) is 3. The lowest BCUT2D eigenvalue weighted by atomic mass is 9.77. The van der Waals surface area contributed by atoms with Crippen LogP contribution in [0.2, 0.25) is 0 Å². The zero-order valence-electron chi connectivity index (χ0n) is 14.5. The van der Waals surface area contributed by atoms with Crippen LogP contribution < -0.4 is 16.2 Å². The maximum Gasteiger partial charge on any atom is 0.280 e. The quantitative estimate of drug-likeness (QED) is 0.743. The summed E-state index contributed by atoms with van der Waals surface area (Å²) in [5, 5.41) is 6.39. The number of H-pyrrole nitrogens is 1. The summed E-state index contributed by atoms with van der Waals surface area (Å²) in [7, 11) is 1.67. The first-order chi connectivity index (χ1) is 12.2. The molecule has 8 heteroatoms. The molecule has 0 spiro atoms. The summed E-state index contributed by atoms with van der Waals surface area (Å²) in [5.74, 6) is 0.698. The Morgan fingerprint density at radius 1 is 1.23 bits per heavy atom. The van der Waals surface area contributed by atoms with Gasteiger partial charge in [-0.1, -0.05) is 12.1 Å². The van der Waals surface area contributed by atoms with Gasteiger partial charge in [0.15, 0.2) is 5.69 Å². The zero-order valence-corrected chi connectivity index (χ0v) is 15.3. The number of rotatable bonds is 3. The van der Waals surface area contributed by atoms with E-state index in [0.29, 0.717) is 22.9 Å². The fourth-order valence-electron chi connectivity index (χ4n) is 4.11. The summed E-state index contributed by atoms with van der Waals surface area (Å²) in [6.45, 7) is 1.99. The van der Waals surface area contributed by atoms with Gasteiger partial charge in [0.05, 0.1) is 23.2 Å². The monoisotopic (exact) mass is 378 g/mol. The molecule has 1 aromatic carbocycles. The molecule has 0 radical (unpaired) electrons. The highest BCUT2D eigenvalue weighted by molar-refractivity contribution is 5.93. The van der Waals surface area contributed by atoms with Crippen molar-refractivity contribution in [3.63, 3.8) is 0 Å². The van der Waals surface area contributed by atoms with Gasteiger partial charge in [-0.2, -0.15) is 0 Å². The van der Waals surface area contributed by atoms with Gasteiger partial charge in [-0.3, -0.25) is 9.59 Å². The van der Waals surface area contributed by atoms with Crippen LogP contribution in [0.5, 0.6) is 0 Å². The second kappa shape index (κ2) is 7.73. The van der Waals surface area contributed by atoms with E-state index in [2.05, 4.69) is 20.6 Å². The number of halogens is 1. The van der Waals surface area contributed by atoms with Gasteiger partial charge in [-0.15, -0.1) is 12.4 Å². The molecule has 7 nitrogen and oxygen atoms in total. The smallest absolute Gasteiger partial charge is 0.280 e. The maximum atomic E-state index is 12.7. The predicted molar refractivity (Wildman–Crippen MR) is 101 cm³/mol. The van der Waals surface area contributed by atoms with Crippen molar-refractivity contribution in [3.05, 3.63) is 40.3 Å². The number of carbonyl (C=O) groups excluding carboxylic acids is 1. The molecule has 3 N–H and O–H groups in total. The van der Waals surface area contributed by atoms with E-state index in [0.717, 1.165) is 25.9 Å². The largest absolute Gasteiger partial charge is 0.379 e. The minimum absolute atomic E-state index is 0. The highest BCUT2D eigenvalue weighted by Crippen LogP contribution is 2.34. The number of hydrogen-bond acceptors (Lipinski definition) is 5. The van der Waals surface area contributed by atoms with Gasteiger partial charge in [-0.25, -0.2) is 4.98 Å². The zero-order chi connectivity index (χ0) is 17.4. The molecular formula is C18H23ClN4O3. The Labute approximate surface area is 157 Å². The molecule has 1 aliphatic heterocycles. The number of methoxy groups -OCH3 is 1. The number of fused-ring (bicyclic) bond motifs is 2. The molecule has 1 amide bonds. The van der Waals surface area contributed by atoms with E-state index in [1.807, 2.05) is 12.1 Å². The van der Waals surface area contributed by atoms with Gasteiger partial charge in [0.1, 0.15) is 0 Å². The van der Waals surface area contributed by atoms with Crippen LogP contribution in [0, 0.1) is 11.8 Å². The van der Waals surface area contributed by atoms with Crippen LogP contribution in [0.3, 0.4) is 0 Å². The Balaban J connectivity index is 0.00000196. The number of ether oxygens (including phenoxy) is 1. The normalized spacial score (nSPS) is 27.6. The molecule has 1 saturated heterocycles. The first kappa shape index (κ1) is 18.8. The first-order valence-electron chi connectivity index (χ1n) is 8.69. The molecule has 1 saturated carbocycles. The van der Waals surface area contributed by atoms with Gasteiger partial charge >= 0.3 is 0 Å². The highest BCUT2D eigenvalue weighted by Gasteiger charge is 2.40. The third kappa shape index (κ3) is 3.47. The van der Waals surface area contributed by atoms with Crippen LogP contribution in [-0.4, -0.2) is 48.2 Å². The number of amides is 1. The lowest BCUT2D eigenvalue weighted by molar-refractivity contribution is 0.0124. The molecule has 2 aromatic rings. The van der Waals surface area contributed by atoms with Crippen molar-refractivity contribution < 1.29 is 9.53 Å². The Hall–Kier alpha value is -1.96. The number of aromatic amines is 1. The Kier molecular flexibility index (Phi) is 5.60. The van der Waals surface area contributed by atoms with Crippen LogP contribution in [0.1, 0.15) is 23.3 Å². The molecular weight excluding hydrogens is 356 g/mol. The lowest BCUT2D eigenvalue weighted by Gasteiger charge is -2.37. The van der Waals surface area contributed by atoms with Crippen molar-refractivity contribution in [2.24, 2.45) is 11.8 Å². The molecule has 4 rings (SSSR count). The van der Waals surface area contributed by atoms with Gasteiger partial charge in [0.25, 0.3) is 11.5 Å². The van der Waals surface area contributed by atoms with Crippen LogP contribution in [0.4, 0.5) is 0 Å². The van der Waals surface area contributed by atoms with Crippen LogP contribution in [0.15, 0.2) is 29.1 Å². The van der Waals surface area contributed by atoms with E-state index < -0.39 is 11.5 Å². The molecule has 140 valence electrons. The van der Waals surface area contributed by atoms with Crippen molar-refractivity contribution in [1.82, 2.24) is 20.6 Å². The Morgan fingerprint density at radius 2 is 1.96 bits per heavy atom. The van der Waals surface area contributed by atoms with Crippen LogP contribution in [0.25, 0.3) is 11.0 Å². The third-order valence-electron chi connectivity index (χ3n) is 5.45. The Bertz CT molecular complexity index is 856. The molecule has 0 bridgehead atoms. The number of hydrogen-bond donors (Lipinski definition) is 3. The summed E-state index contributed by atoms with van der Waals surface area (Å²) < 4.78 is 5.60. The summed E-state index contributed by atoms with van der Waals surface area (Å²) >= 11 is 0. The predicted octanol–water partition coefficient (Wildman–Crippen LogP) is 1.09. The topological polar surface area (TPSA) is 96.1 Å². The average molecular weight is 379 g/mol. The third-order valence-corrected chi connectivity index (χ3v) is 5.45. The van der Waals surface area contributed by atoms with E-state index in [4.69, 9.17) is 4.74 Å². The van der Waals surface area contributed by atoms with Crippen LogP contribution >= 0.6 is 12.4 Å². The SMILES string of the molecule is CO[C@H]1C[C@@H]2CNC[C@@H]2C[C@@H]1NC(=O)c1nc2ccccc2[nH]c1=O.Cl. The molecule has 2 aliphatic rings. The molecule has 1 aliphatic carbocycles. The van der Waals surface area contributed by atoms with E-state index in [1.165, 1.54) is 0 Å². The number of aromatic nitrogens is 2. The molecule has 2 fully saturated rings. The summed E-state index contributed by atoms with van der Waals surface area (Å²) in [5.41, 5.74) is 0.650. The second-order valence-corrected chi connectivity index (χ2v) is 6.94. The van der Waals surface area contributed by atoms with Crippen molar-refractivity contribution >= 4 is 29.3 Å². The minimum Gasteiger partial charge on any atom is -0.379 e. The molecule has 2 heterocycles. The van der Waals surface area contributed by atoms with Crippen molar-refractivity contribution in [3.8, 4) is 0 Å². The van der Waals surface area contributed by atoms with E-state index in [1.54, 1.807) is 19.2 Å². The van der Waals surface area contributed by atoms with Gasteiger partial charge in [0, 0.05) is 7.11 Å². The van der Waals surface area contributed by atoms with Gasteiger partial charge < -0.3 is 20.4 Å². The molecule has 1 aromatic heterocycles. The Morgan fingerprint density at radius 3 is 2.73 bits per heavy atom. The molecule has 26 heavy (non-hydrogen) atoms. The second-order valence-electron chi connectivity index (χ2n) is 6.94. The van der Waals surface area contributed by atoms with E-state index >= 15 is 0 Å². The minimum atomic E-state index is -0.471. The maximum absolute atomic E-state index is 12.7. The standard InChI is InChI=1S/C18H22N4O3.ClH/c1-25-15-7-11-9-19-8-10(11)6-14(15)22-18(24)16-17(23)21-13-5-3-2-4-12(13)20-16;/h2-5,10-11,14-15,19H,6-9H2,1H3,(H,21,23)(H,22,24);1H/t10-,11+,14-,15-;/m0./s1. The fraction of sp³-hybridized carbons (Fsp3) is 0.500. The average Bonchev–Trinajstić information content (AvgIpc) is 3.07. The van der Waals surface area contributed by atoms with Crippen LogP contribution in [-0.2, 0) is 4.74 Å². The summed E-state index contributed by atoms with van der Waals surface area (Å²) in [6, 6.07) is 7.07. The van der Waals surface area contributed by atoms with E-state index in [-0.39, 0.29) is 30.2 Å². The molecule has 4 atom stereocenters. The lowest BCUT2D eigenvalue weighted by Crippen LogP contribution is -2.51. The fourth-order valence-corrected chi connectivity index (χ4v) is 4.11. The summed E-state index contributed by atoms with van der Waals surface area (Å²) in [4.78, 5) is 31.9. The molecule has 0 unspecified atom stereocenters. The van der Waals surface area contributed by atoms with Crippen molar-refractivity contribution in [2.45, 2.75) is 25.0 Å². The van der Waals surface area contributed by atoms with Crippen molar-refractivity contribution in [1.29, 1.82) is 0 Å². The first-order valence-corrected chi connectivity index (χ1v) is 8.69. The van der Waals surface area contributed by atoms with E-state index in [9.17, 15) is 9.59 Å². The van der Waals surface area contributed by atoms with Crippen molar-refractivity contribution in [2.75, 3.05) is 20.2 Å². The highest BCUT2D eigenvalue weighted by atomic mass is 35.5. The number of nitrogens with zero attached hydrogens (tertiary/aromatic N) is 1.